The first-order valence-electron chi connectivity index (χ1n) is 29.0. The molecule has 0 saturated carbocycles. The molecule has 418 valence electrons. The van der Waals surface area contributed by atoms with Gasteiger partial charge in [-0.1, -0.05) is 214 Å². The van der Waals surface area contributed by atoms with Crippen LogP contribution in [0.5, 0.6) is 0 Å². The van der Waals surface area contributed by atoms with Crippen molar-refractivity contribution in [2.75, 3.05) is 13.2 Å². The van der Waals surface area contributed by atoms with Gasteiger partial charge < -0.3 is 45.1 Å². The van der Waals surface area contributed by atoms with E-state index in [1.54, 1.807) is 6.08 Å². The van der Waals surface area contributed by atoms with E-state index in [0.717, 1.165) is 116 Å². The summed E-state index contributed by atoms with van der Waals surface area (Å²) in [7, 11) is 0. The number of rotatable bonds is 47. The number of hydrogen-bond donors (Lipinski definition) is 6. The lowest BCUT2D eigenvalue weighted by Gasteiger charge is -2.41. The predicted octanol–water partition coefficient (Wildman–Crippen LogP) is 13.2. The van der Waals surface area contributed by atoms with Crippen molar-refractivity contribution in [3.05, 3.63) is 97.2 Å². The standard InChI is InChI=1S/C62H105NO10/c1-4-7-10-13-16-19-22-24-26-27-28-29-30-32-35-38-41-44-47-50-57(67)73-60-59(69)58(68)56(51-64)72-62(60)71-52-53(54(65)48-45-42-39-36-33-21-18-15-12-9-6-3)63-61(70)55(66)49-46-43-40-37-34-31-25-23-20-17-14-11-8-5-2/h7,10,16-17,19-20,23-26,28-29,32,35,45,48,53-56,58-60,62,64-66,68-69H,4-6,8-9,11-15,18,21-22,27,30-31,33-34,36-44,46-47,49-52H2,1-3H3,(H,63,70)/b10-7-,19-16-,20-17+,25-23+,26-24-,29-28-,35-32-,48-45+. The Hall–Kier alpha value is -3.42. The van der Waals surface area contributed by atoms with E-state index in [2.05, 4.69) is 111 Å². The van der Waals surface area contributed by atoms with Crippen molar-refractivity contribution >= 4 is 11.9 Å². The quantitative estimate of drug-likeness (QED) is 0.0149. The average Bonchev–Trinajstić information content (AvgIpc) is 3.39. The van der Waals surface area contributed by atoms with Gasteiger partial charge in [0.2, 0.25) is 5.91 Å². The highest BCUT2D eigenvalue weighted by Gasteiger charge is 2.47. The molecule has 0 aromatic carbocycles. The highest BCUT2D eigenvalue weighted by atomic mass is 16.7. The number of unbranched alkanes of at least 4 members (excludes halogenated alkanes) is 20. The topological polar surface area (TPSA) is 175 Å². The summed E-state index contributed by atoms with van der Waals surface area (Å²) in [5, 5.41) is 56.8. The Bertz CT molecular complexity index is 1550. The van der Waals surface area contributed by atoms with Gasteiger partial charge in [0.1, 0.15) is 24.4 Å². The Morgan fingerprint density at radius 3 is 1.59 bits per heavy atom. The van der Waals surface area contributed by atoms with Crippen molar-refractivity contribution in [3.8, 4) is 0 Å². The lowest BCUT2D eigenvalue weighted by molar-refractivity contribution is -0.305. The van der Waals surface area contributed by atoms with E-state index in [1.807, 2.05) is 6.08 Å². The van der Waals surface area contributed by atoms with Crippen LogP contribution in [-0.2, 0) is 23.8 Å². The molecule has 8 atom stereocenters. The molecule has 73 heavy (non-hydrogen) atoms. The molecule has 1 aliphatic rings. The van der Waals surface area contributed by atoms with Gasteiger partial charge in [-0.25, -0.2) is 0 Å². The molecule has 8 unspecified atom stereocenters. The van der Waals surface area contributed by atoms with Crippen LogP contribution in [0.25, 0.3) is 0 Å². The molecule has 0 radical (unpaired) electrons. The van der Waals surface area contributed by atoms with Gasteiger partial charge in [-0.3, -0.25) is 9.59 Å². The average molecular weight is 1020 g/mol. The second-order valence-electron chi connectivity index (χ2n) is 19.7. The molecule has 11 heteroatoms. The summed E-state index contributed by atoms with van der Waals surface area (Å²) in [4.78, 5) is 26.4. The zero-order chi connectivity index (χ0) is 53.3. The summed E-state index contributed by atoms with van der Waals surface area (Å²) in [6, 6.07) is -1.04. The number of hydrogen-bond acceptors (Lipinski definition) is 10. The molecular formula is C62H105NO10. The molecule has 0 aromatic heterocycles. The van der Waals surface area contributed by atoms with Gasteiger partial charge in [0.15, 0.2) is 12.4 Å². The maximum Gasteiger partial charge on any atom is 0.306 e. The number of aliphatic hydroxyl groups excluding tert-OH is 5. The smallest absolute Gasteiger partial charge is 0.306 e. The van der Waals surface area contributed by atoms with E-state index in [9.17, 15) is 35.1 Å². The maximum absolute atomic E-state index is 13.4. The fourth-order valence-corrected chi connectivity index (χ4v) is 8.37. The number of esters is 1. The largest absolute Gasteiger partial charge is 0.454 e. The number of nitrogens with one attached hydrogen (secondary N) is 1. The molecule has 0 bridgehead atoms. The first kappa shape index (κ1) is 67.6. The molecule has 11 nitrogen and oxygen atoms in total. The summed E-state index contributed by atoms with van der Waals surface area (Å²) >= 11 is 0. The van der Waals surface area contributed by atoms with Crippen LogP contribution in [0.3, 0.4) is 0 Å². The van der Waals surface area contributed by atoms with E-state index in [0.29, 0.717) is 12.8 Å². The molecular weight excluding hydrogens is 919 g/mol. The molecule has 0 aromatic rings. The molecule has 1 saturated heterocycles. The minimum atomic E-state index is -1.63. The maximum atomic E-state index is 13.4. The van der Waals surface area contributed by atoms with Crippen molar-refractivity contribution in [2.24, 2.45) is 0 Å². The molecule has 6 N–H and O–H groups in total. The van der Waals surface area contributed by atoms with Crippen molar-refractivity contribution in [3.63, 3.8) is 0 Å². The van der Waals surface area contributed by atoms with Crippen LogP contribution in [0.1, 0.15) is 220 Å². The van der Waals surface area contributed by atoms with Crippen LogP contribution in [0, 0.1) is 0 Å². The second-order valence-corrected chi connectivity index (χ2v) is 19.7. The van der Waals surface area contributed by atoms with E-state index in [1.165, 1.54) is 57.8 Å². The molecule has 0 spiro atoms. The van der Waals surface area contributed by atoms with Crippen molar-refractivity contribution in [2.45, 2.75) is 269 Å². The van der Waals surface area contributed by atoms with E-state index < -0.39 is 67.4 Å². The van der Waals surface area contributed by atoms with Gasteiger partial charge in [0.25, 0.3) is 0 Å². The van der Waals surface area contributed by atoms with Gasteiger partial charge in [-0.05, 0) is 96.3 Å². The van der Waals surface area contributed by atoms with E-state index >= 15 is 0 Å². The number of amides is 1. The Morgan fingerprint density at radius 2 is 1.03 bits per heavy atom. The van der Waals surface area contributed by atoms with Crippen molar-refractivity contribution in [1.82, 2.24) is 5.32 Å². The highest BCUT2D eigenvalue weighted by Crippen LogP contribution is 2.26. The van der Waals surface area contributed by atoms with Crippen molar-refractivity contribution in [1.29, 1.82) is 0 Å². The second kappa shape index (κ2) is 49.5. The van der Waals surface area contributed by atoms with Gasteiger partial charge in [0.05, 0.1) is 25.4 Å². The van der Waals surface area contributed by atoms with Gasteiger partial charge in [-0.15, -0.1) is 0 Å². The van der Waals surface area contributed by atoms with Crippen LogP contribution >= 0.6 is 0 Å². The fourth-order valence-electron chi connectivity index (χ4n) is 8.37. The summed E-state index contributed by atoms with van der Waals surface area (Å²) < 4.78 is 17.5. The third kappa shape index (κ3) is 37.9. The van der Waals surface area contributed by atoms with Crippen LogP contribution < -0.4 is 5.32 Å². The Balaban J connectivity index is 2.74. The third-order valence-electron chi connectivity index (χ3n) is 13.0. The van der Waals surface area contributed by atoms with E-state index in [-0.39, 0.29) is 19.4 Å². The number of allylic oxidation sites excluding steroid dienone is 15. The summed E-state index contributed by atoms with van der Waals surface area (Å²) in [6.45, 7) is 5.59. The SMILES string of the molecule is CC/C=C\C/C=C\C/C=C\C/C=C\C/C=C\CCCCCC(=O)OC1C(OCC(NC(=O)C(O)CCCCCCC/C=C/C=C/CCCCC)C(O)/C=C/CCCCCCCCCCC)OC(CO)C(O)C1O. The van der Waals surface area contributed by atoms with Crippen LogP contribution in [0.15, 0.2) is 97.2 Å². The molecule has 1 amide bonds. The Morgan fingerprint density at radius 1 is 0.562 bits per heavy atom. The fraction of sp³-hybridized carbons (Fsp3) is 0.710. The predicted molar refractivity (Wildman–Crippen MR) is 301 cm³/mol. The van der Waals surface area contributed by atoms with E-state index in [4.69, 9.17) is 14.2 Å². The normalized spacial score (nSPS) is 20.1. The minimum Gasteiger partial charge on any atom is -0.454 e. The lowest BCUT2D eigenvalue weighted by atomic mass is 9.99. The van der Waals surface area contributed by atoms with Gasteiger partial charge in [-0.2, -0.15) is 0 Å². The van der Waals surface area contributed by atoms with Crippen LogP contribution in [0.4, 0.5) is 0 Å². The molecule has 1 aliphatic heterocycles. The number of carbonyl (C=O) groups is 2. The van der Waals surface area contributed by atoms with Crippen LogP contribution in [0.2, 0.25) is 0 Å². The molecule has 1 fully saturated rings. The lowest BCUT2D eigenvalue weighted by Crippen LogP contribution is -2.61. The summed E-state index contributed by atoms with van der Waals surface area (Å²) in [6.07, 6.45) is 54.4. The molecule has 1 rings (SSSR count). The van der Waals surface area contributed by atoms with Crippen molar-refractivity contribution < 1.29 is 49.3 Å². The first-order valence-corrected chi connectivity index (χ1v) is 29.0. The summed E-state index contributed by atoms with van der Waals surface area (Å²) in [5.74, 6) is -1.25. The number of ether oxygens (including phenoxy) is 3. The zero-order valence-electron chi connectivity index (χ0n) is 46.0. The highest BCUT2D eigenvalue weighted by molar-refractivity contribution is 5.80. The summed E-state index contributed by atoms with van der Waals surface area (Å²) in [5.41, 5.74) is 0. The van der Waals surface area contributed by atoms with Gasteiger partial charge >= 0.3 is 5.97 Å². The minimum absolute atomic E-state index is 0.0780. The zero-order valence-corrected chi connectivity index (χ0v) is 46.0. The first-order chi connectivity index (χ1) is 35.7. The number of aliphatic hydroxyl groups is 5. The third-order valence-corrected chi connectivity index (χ3v) is 13.0. The number of carbonyl (C=O) groups excluding carboxylic acids is 2. The van der Waals surface area contributed by atoms with Crippen LogP contribution in [-0.4, -0.2) is 99.6 Å². The Kier molecular flexibility index (Phi) is 45.8. The Labute approximate surface area is 444 Å². The molecule has 1 heterocycles. The monoisotopic (exact) mass is 1020 g/mol. The molecule has 0 aliphatic carbocycles. The van der Waals surface area contributed by atoms with Gasteiger partial charge in [0, 0.05) is 6.42 Å².